The third-order valence-electron chi connectivity index (χ3n) is 4.00. The van der Waals surface area contributed by atoms with Crippen LogP contribution >= 0.6 is 24.8 Å². The largest absolute Gasteiger partial charge is 0.336 e. The molecule has 0 radical (unpaired) electrons. The number of nitrogens with two attached hydrogens (primary N) is 1. The van der Waals surface area contributed by atoms with Gasteiger partial charge in [0, 0.05) is 37.4 Å². The van der Waals surface area contributed by atoms with Crippen LogP contribution in [0.1, 0.15) is 27.4 Å². The number of benzene rings is 1. The van der Waals surface area contributed by atoms with Crippen LogP contribution in [-0.2, 0) is 0 Å². The Balaban J connectivity index is 0.00000132. The van der Waals surface area contributed by atoms with Crippen molar-refractivity contribution in [1.29, 1.82) is 0 Å². The molecule has 3 rings (SSSR count). The summed E-state index contributed by atoms with van der Waals surface area (Å²) in [6.45, 7) is 3.19. The number of hydrogen-bond donors (Lipinski definition) is 1. The summed E-state index contributed by atoms with van der Waals surface area (Å²) in [5.74, 6) is 0.216. The molecule has 0 aliphatic carbocycles. The quantitative estimate of drug-likeness (QED) is 0.902. The molecule has 1 aliphatic rings. The van der Waals surface area contributed by atoms with Gasteiger partial charge in [0.15, 0.2) is 0 Å². The smallest absolute Gasteiger partial charge is 0.255 e. The monoisotopic (exact) mass is 353 g/mol. The highest BCUT2D eigenvalue weighted by molar-refractivity contribution is 5.94. The molecule has 2 N–H and O–H groups in total. The van der Waals surface area contributed by atoms with Crippen molar-refractivity contribution in [1.82, 2.24) is 9.88 Å². The normalized spacial score (nSPS) is 19.7. The van der Waals surface area contributed by atoms with Gasteiger partial charge in [0.1, 0.15) is 0 Å². The van der Waals surface area contributed by atoms with Crippen LogP contribution in [0.3, 0.4) is 0 Å². The molecule has 0 unspecified atom stereocenters. The molecule has 1 amide bonds. The van der Waals surface area contributed by atoms with Crippen molar-refractivity contribution >= 4 is 30.7 Å². The highest BCUT2D eigenvalue weighted by Crippen LogP contribution is 2.27. The minimum absolute atomic E-state index is 0. The van der Waals surface area contributed by atoms with Crippen molar-refractivity contribution in [3.63, 3.8) is 0 Å². The predicted octanol–water partition coefficient (Wildman–Crippen LogP) is 2.80. The van der Waals surface area contributed by atoms with Gasteiger partial charge in [0.05, 0.1) is 5.56 Å². The van der Waals surface area contributed by atoms with Gasteiger partial charge >= 0.3 is 0 Å². The number of pyridine rings is 1. The Morgan fingerprint density at radius 2 is 1.87 bits per heavy atom. The highest BCUT2D eigenvalue weighted by atomic mass is 35.5. The summed E-state index contributed by atoms with van der Waals surface area (Å²) < 4.78 is 0. The molecule has 0 bridgehead atoms. The second-order valence-corrected chi connectivity index (χ2v) is 5.64. The van der Waals surface area contributed by atoms with Crippen molar-refractivity contribution in [3.8, 4) is 0 Å². The molecule has 1 aromatic heterocycles. The molecule has 1 fully saturated rings. The van der Waals surface area contributed by atoms with E-state index in [9.17, 15) is 4.79 Å². The van der Waals surface area contributed by atoms with Gasteiger partial charge < -0.3 is 10.6 Å². The van der Waals surface area contributed by atoms with E-state index in [-0.39, 0.29) is 42.7 Å². The van der Waals surface area contributed by atoms with Crippen molar-refractivity contribution in [2.24, 2.45) is 5.73 Å². The van der Waals surface area contributed by atoms with Crippen LogP contribution in [0.25, 0.3) is 0 Å². The fraction of sp³-hybridized carbons (Fsp3) is 0.294. The van der Waals surface area contributed by atoms with Crippen molar-refractivity contribution in [3.05, 3.63) is 65.5 Å². The number of carbonyl (C=O) groups is 1. The second kappa shape index (κ2) is 8.29. The Morgan fingerprint density at radius 1 is 1.17 bits per heavy atom. The Bertz CT molecular complexity index is 651. The maximum Gasteiger partial charge on any atom is 0.255 e. The van der Waals surface area contributed by atoms with E-state index < -0.39 is 0 Å². The molecular formula is C17H21Cl2N3O. The summed E-state index contributed by atoms with van der Waals surface area (Å²) in [5, 5.41) is 0. The van der Waals surface area contributed by atoms with Crippen LogP contribution < -0.4 is 5.73 Å². The first-order valence-electron chi connectivity index (χ1n) is 7.16. The standard InChI is InChI=1S/C17H19N3O.2ClH/c1-12-7-14(9-19-8-12)17(21)20-10-15(16(18)11-20)13-5-3-2-4-6-13;;/h2-9,15-16H,10-11,18H2,1H3;2*1H/t15-,16+;;/m0../s1. The number of hydrogen-bond acceptors (Lipinski definition) is 3. The van der Waals surface area contributed by atoms with Gasteiger partial charge in [-0.05, 0) is 24.1 Å². The van der Waals surface area contributed by atoms with Crippen LogP contribution in [0.2, 0.25) is 0 Å². The average molecular weight is 354 g/mol. The number of nitrogens with zero attached hydrogens (tertiary/aromatic N) is 2. The lowest BCUT2D eigenvalue weighted by molar-refractivity contribution is 0.0788. The molecule has 124 valence electrons. The van der Waals surface area contributed by atoms with Crippen molar-refractivity contribution < 1.29 is 4.79 Å². The molecule has 0 spiro atoms. The topological polar surface area (TPSA) is 59.2 Å². The lowest BCUT2D eigenvalue weighted by Crippen LogP contribution is -2.32. The van der Waals surface area contributed by atoms with Gasteiger partial charge in [0.2, 0.25) is 0 Å². The van der Waals surface area contributed by atoms with Gasteiger partial charge in [-0.25, -0.2) is 0 Å². The third kappa shape index (κ3) is 4.22. The van der Waals surface area contributed by atoms with E-state index in [1.54, 1.807) is 12.4 Å². The highest BCUT2D eigenvalue weighted by Gasteiger charge is 2.34. The van der Waals surface area contributed by atoms with Crippen molar-refractivity contribution in [2.75, 3.05) is 13.1 Å². The Hall–Kier alpha value is -1.62. The average Bonchev–Trinajstić information content (AvgIpc) is 2.89. The number of carbonyl (C=O) groups excluding carboxylic acids is 1. The van der Waals surface area contributed by atoms with E-state index in [0.717, 1.165) is 5.56 Å². The van der Waals surface area contributed by atoms with E-state index in [1.807, 2.05) is 36.1 Å². The van der Waals surface area contributed by atoms with Crippen LogP contribution in [0.15, 0.2) is 48.8 Å². The lowest BCUT2D eigenvalue weighted by atomic mass is 9.95. The van der Waals surface area contributed by atoms with Crippen LogP contribution in [0, 0.1) is 6.92 Å². The van der Waals surface area contributed by atoms with E-state index >= 15 is 0 Å². The summed E-state index contributed by atoms with van der Waals surface area (Å²) in [4.78, 5) is 18.5. The predicted molar refractivity (Wildman–Crippen MR) is 96.5 cm³/mol. The number of halogens is 2. The Kier molecular flexibility index (Phi) is 7.01. The summed E-state index contributed by atoms with van der Waals surface area (Å²) in [6.07, 6.45) is 3.37. The molecule has 2 atom stereocenters. The lowest BCUT2D eigenvalue weighted by Gasteiger charge is -2.16. The molecule has 0 saturated carbocycles. The van der Waals surface area contributed by atoms with Gasteiger partial charge in [-0.3, -0.25) is 9.78 Å². The Labute approximate surface area is 148 Å². The summed E-state index contributed by atoms with van der Waals surface area (Å²) in [7, 11) is 0. The van der Waals surface area contributed by atoms with Gasteiger partial charge in [-0.1, -0.05) is 30.3 Å². The zero-order valence-electron chi connectivity index (χ0n) is 12.9. The zero-order valence-corrected chi connectivity index (χ0v) is 14.5. The third-order valence-corrected chi connectivity index (χ3v) is 4.00. The first-order valence-corrected chi connectivity index (χ1v) is 7.16. The fourth-order valence-electron chi connectivity index (χ4n) is 2.90. The number of likely N-dealkylation sites (tertiary alicyclic amines) is 1. The first-order chi connectivity index (χ1) is 10.1. The van der Waals surface area contributed by atoms with E-state index in [4.69, 9.17) is 5.73 Å². The minimum atomic E-state index is -0.0193. The van der Waals surface area contributed by atoms with Gasteiger partial charge in [0.25, 0.3) is 5.91 Å². The van der Waals surface area contributed by atoms with Crippen LogP contribution in [-0.4, -0.2) is 34.9 Å². The summed E-state index contributed by atoms with van der Waals surface area (Å²) >= 11 is 0. The maximum atomic E-state index is 12.6. The molecule has 2 aromatic rings. The fourth-order valence-corrected chi connectivity index (χ4v) is 2.90. The molecule has 1 aromatic carbocycles. The molecule has 4 nitrogen and oxygen atoms in total. The number of rotatable bonds is 2. The number of aromatic nitrogens is 1. The SMILES string of the molecule is Cc1cncc(C(=O)N2C[C@@H](N)[C@H](c3ccccc3)C2)c1.Cl.Cl. The van der Waals surface area contributed by atoms with Crippen LogP contribution in [0.5, 0.6) is 0 Å². The molecular weight excluding hydrogens is 333 g/mol. The molecule has 1 saturated heterocycles. The second-order valence-electron chi connectivity index (χ2n) is 5.64. The van der Waals surface area contributed by atoms with E-state index in [2.05, 4.69) is 17.1 Å². The molecule has 2 heterocycles. The van der Waals surface area contributed by atoms with Gasteiger partial charge in [-0.2, -0.15) is 0 Å². The van der Waals surface area contributed by atoms with Gasteiger partial charge in [-0.15, -0.1) is 24.8 Å². The Morgan fingerprint density at radius 3 is 2.52 bits per heavy atom. The molecule has 23 heavy (non-hydrogen) atoms. The van der Waals surface area contributed by atoms with Crippen LogP contribution in [0.4, 0.5) is 0 Å². The minimum Gasteiger partial charge on any atom is -0.336 e. The zero-order chi connectivity index (χ0) is 14.8. The number of amides is 1. The van der Waals surface area contributed by atoms with Crippen molar-refractivity contribution in [2.45, 2.75) is 18.9 Å². The first kappa shape index (κ1) is 19.4. The molecule has 6 heteroatoms. The van der Waals surface area contributed by atoms with E-state index in [1.165, 1.54) is 5.56 Å². The molecule has 1 aliphatic heterocycles. The summed E-state index contributed by atoms with van der Waals surface area (Å²) in [5.41, 5.74) is 9.06. The maximum absolute atomic E-state index is 12.6. The van der Waals surface area contributed by atoms with E-state index in [0.29, 0.717) is 18.7 Å². The summed E-state index contributed by atoms with van der Waals surface area (Å²) in [6, 6.07) is 12.0. The number of aryl methyl sites for hydroxylation is 1.